The molecule has 158 valence electrons. The molecular formula is C18H28BrFN4O2S2. The van der Waals surface area contributed by atoms with Gasteiger partial charge < -0.3 is 9.11 Å². The van der Waals surface area contributed by atoms with Crippen molar-refractivity contribution in [3.05, 3.63) is 28.2 Å². The van der Waals surface area contributed by atoms with E-state index in [1.807, 2.05) is 0 Å². The van der Waals surface area contributed by atoms with Crippen LogP contribution in [0.4, 0.5) is 4.39 Å². The molecule has 2 rings (SSSR count). The second kappa shape index (κ2) is 8.38. The Balaban J connectivity index is 2.55. The van der Waals surface area contributed by atoms with Crippen LogP contribution in [0.15, 0.2) is 16.7 Å². The van der Waals surface area contributed by atoms with Crippen LogP contribution < -0.4 is 9.44 Å². The van der Waals surface area contributed by atoms with E-state index in [2.05, 4.69) is 36.4 Å². The molecule has 10 heteroatoms. The third kappa shape index (κ3) is 4.83. The van der Waals surface area contributed by atoms with E-state index in [9.17, 15) is 18.8 Å². The molecule has 1 aromatic rings. The predicted octanol–water partition coefficient (Wildman–Crippen LogP) is 4.11. The average Bonchev–Trinajstić information content (AvgIpc) is 2.58. The quantitative estimate of drug-likeness (QED) is 0.420. The van der Waals surface area contributed by atoms with Crippen molar-refractivity contribution in [1.29, 1.82) is 5.26 Å². The lowest BCUT2D eigenvalue weighted by atomic mass is 10.0. The van der Waals surface area contributed by atoms with Crippen LogP contribution in [-0.2, 0) is 16.9 Å². The first-order valence-electron chi connectivity index (χ1n) is 8.97. The number of nitrogens with zero attached hydrogens (tertiary/aromatic N) is 2. The third-order valence-corrected chi connectivity index (χ3v) is 10.5. The Labute approximate surface area is 179 Å². The number of hydrogen-bond donors (Lipinski definition) is 3. The van der Waals surface area contributed by atoms with Crippen molar-refractivity contribution in [2.75, 3.05) is 12.3 Å². The average molecular weight is 495 g/mol. The highest BCUT2D eigenvalue weighted by Crippen LogP contribution is 2.59. The van der Waals surface area contributed by atoms with Crippen LogP contribution >= 0.6 is 26.4 Å². The van der Waals surface area contributed by atoms with Gasteiger partial charge in [-0.1, -0.05) is 10.5 Å². The van der Waals surface area contributed by atoms with Gasteiger partial charge in [-0.3, -0.25) is 4.72 Å². The summed E-state index contributed by atoms with van der Waals surface area (Å²) in [5.74, 6) is -0.576. The maximum absolute atomic E-state index is 14.8. The summed E-state index contributed by atoms with van der Waals surface area (Å²) >= 11 is 1.71. The molecule has 3 N–H and O–H groups in total. The fourth-order valence-electron chi connectivity index (χ4n) is 3.06. The van der Waals surface area contributed by atoms with E-state index < -0.39 is 42.7 Å². The molecule has 6 nitrogen and oxygen atoms in total. The lowest BCUT2D eigenvalue weighted by Crippen LogP contribution is -2.57. The van der Waals surface area contributed by atoms with Crippen molar-refractivity contribution in [3.8, 4) is 6.07 Å². The second-order valence-electron chi connectivity index (χ2n) is 8.47. The van der Waals surface area contributed by atoms with Gasteiger partial charge in [0, 0.05) is 23.7 Å². The van der Waals surface area contributed by atoms with Gasteiger partial charge >= 0.3 is 0 Å². The van der Waals surface area contributed by atoms with E-state index >= 15 is 0 Å². The molecule has 0 spiro atoms. The molecule has 2 heterocycles. The summed E-state index contributed by atoms with van der Waals surface area (Å²) in [6.45, 7) is 9.38. The van der Waals surface area contributed by atoms with Crippen molar-refractivity contribution >= 4 is 37.8 Å². The SMILES string of the molecule is CC(CS1(O)NCCC[C@]1(C)C#N)(N[S+]([O-])C(C)(C)C)c1nc(Br)ccc1F. The molecule has 1 aliphatic heterocycles. The summed E-state index contributed by atoms with van der Waals surface area (Å²) in [7, 11) is -2.69. The highest BCUT2D eigenvalue weighted by Gasteiger charge is 2.52. The van der Waals surface area contributed by atoms with Crippen molar-refractivity contribution in [1.82, 2.24) is 14.4 Å². The highest BCUT2D eigenvalue weighted by atomic mass is 79.9. The third-order valence-electron chi connectivity index (χ3n) is 4.86. The zero-order chi connectivity index (χ0) is 21.4. The Bertz CT molecular complexity index is 775. The molecule has 0 amide bonds. The molecule has 0 aromatic carbocycles. The van der Waals surface area contributed by atoms with E-state index in [0.717, 1.165) is 6.42 Å². The molecular weight excluding hydrogens is 467 g/mol. The first-order valence-corrected chi connectivity index (χ1v) is 12.7. The second-order valence-corrected chi connectivity index (χ2v) is 14.1. The van der Waals surface area contributed by atoms with Crippen molar-refractivity contribution in [2.45, 2.75) is 62.5 Å². The minimum Gasteiger partial charge on any atom is -0.598 e. The van der Waals surface area contributed by atoms with Gasteiger partial charge in [-0.2, -0.15) is 5.26 Å². The number of hydrogen-bond acceptors (Lipinski definition) is 6. The maximum atomic E-state index is 14.8. The Kier molecular flexibility index (Phi) is 7.14. The minimum absolute atomic E-state index is 0.00769. The summed E-state index contributed by atoms with van der Waals surface area (Å²) in [6.07, 6.45) is 1.30. The van der Waals surface area contributed by atoms with Crippen molar-refractivity contribution in [3.63, 3.8) is 0 Å². The molecule has 1 aromatic heterocycles. The number of nitrogens with one attached hydrogen (secondary N) is 2. The molecule has 1 aliphatic rings. The Hall–Kier alpha value is -0.410. The topological polar surface area (TPSA) is 104 Å². The van der Waals surface area contributed by atoms with Crippen LogP contribution in [0, 0.1) is 17.1 Å². The Morgan fingerprint density at radius 1 is 1.50 bits per heavy atom. The molecule has 4 atom stereocenters. The van der Waals surface area contributed by atoms with Crippen molar-refractivity contribution < 1.29 is 13.5 Å². The number of pyridine rings is 1. The van der Waals surface area contributed by atoms with Crippen LogP contribution in [0.1, 0.15) is 53.2 Å². The number of rotatable bonds is 5. The summed E-state index contributed by atoms with van der Waals surface area (Å²) < 4.78 is 44.2. The smallest absolute Gasteiger partial charge is 0.146 e. The van der Waals surface area contributed by atoms with Gasteiger partial charge in [0.15, 0.2) is 0 Å². The summed E-state index contributed by atoms with van der Waals surface area (Å²) in [5, 5.41) is 9.76. The van der Waals surface area contributed by atoms with Gasteiger partial charge in [-0.15, -0.1) is 4.72 Å². The maximum Gasteiger partial charge on any atom is 0.146 e. The summed E-state index contributed by atoms with van der Waals surface area (Å²) in [5.41, 5.74) is -1.22. The number of aromatic nitrogens is 1. The van der Waals surface area contributed by atoms with Gasteiger partial charge in [0.1, 0.15) is 31.1 Å². The van der Waals surface area contributed by atoms with Gasteiger partial charge in [-0.05, 0) is 75.5 Å². The fourth-order valence-corrected chi connectivity index (χ4v) is 7.25. The minimum atomic E-state index is -2.69. The summed E-state index contributed by atoms with van der Waals surface area (Å²) in [4.78, 5) is 4.29. The lowest BCUT2D eigenvalue weighted by Gasteiger charge is -2.52. The number of nitriles is 1. The van der Waals surface area contributed by atoms with Gasteiger partial charge in [0.05, 0.1) is 6.07 Å². The first kappa shape index (κ1) is 23.9. The van der Waals surface area contributed by atoms with E-state index in [1.54, 1.807) is 34.6 Å². The van der Waals surface area contributed by atoms with E-state index in [4.69, 9.17) is 0 Å². The molecule has 0 bridgehead atoms. The van der Waals surface area contributed by atoms with Crippen LogP contribution in [0.5, 0.6) is 0 Å². The Morgan fingerprint density at radius 2 is 2.14 bits per heavy atom. The molecule has 0 radical (unpaired) electrons. The zero-order valence-electron chi connectivity index (χ0n) is 16.8. The number of halogens is 2. The summed E-state index contributed by atoms with van der Waals surface area (Å²) in [6, 6.07) is 5.02. The molecule has 0 saturated carbocycles. The van der Waals surface area contributed by atoms with E-state index in [0.29, 0.717) is 17.6 Å². The predicted molar refractivity (Wildman–Crippen MR) is 117 cm³/mol. The van der Waals surface area contributed by atoms with Crippen molar-refractivity contribution in [2.24, 2.45) is 0 Å². The van der Waals surface area contributed by atoms with Gasteiger partial charge in [0.25, 0.3) is 0 Å². The van der Waals surface area contributed by atoms with E-state index in [1.165, 1.54) is 12.1 Å². The largest absolute Gasteiger partial charge is 0.598 e. The van der Waals surface area contributed by atoms with Crippen LogP contribution in [0.2, 0.25) is 0 Å². The fraction of sp³-hybridized carbons (Fsp3) is 0.667. The van der Waals surface area contributed by atoms with Crippen LogP contribution in [-0.4, -0.2) is 35.9 Å². The first-order chi connectivity index (χ1) is 12.8. The molecule has 3 unspecified atom stereocenters. The lowest BCUT2D eigenvalue weighted by molar-refractivity contribution is 0.409. The monoisotopic (exact) mass is 494 g/mol. The van der Waals surface area contributed by atoms with Gasteiger partial charge in [-0.25, -0.2) is 9.37 Å². The Morgan fingerprint density at radius 3 is 2.71 bits per heavy atom. The molecule has 28 heavy (non-hydrogen) atoms. The standard InChI is InChI=1S/C18H28BrFN4O2S2/c1-16(2,3)27(25)24-18(5,15-13(20)7-8-14(19)23-15)12-28(26)17(4,11-21)9-6-10-22-28/h7-8,22,24,26H,6,9-10,12H2,1-5H3/t17-,18?,27?/m1/s1. The molecule has 1 fully saturated rings. The molecule has 0 aliphatic carbocycles. The van der Waals surface area contributed by atoms with E-state index in [-0.39, 0.29) is 11.4 Å². The van der Waals surface area contributed by atoms with Gasteiger partial charge in [0.2, 0.25) is 0 Å². The van der Waals surface area contributed by atoms with Crippen LogP contribution in [0.25, 0.3) is 0 Å². The molecule has 1 saturated heterocycles. The normalized spacial score (nSPS) is 31.3. The van der Waals surface area contributed by atoms with Crippen LogP contribution in [0.3, 0.4) is 0 Å². The highest BCUT2D eigenvalue weighted by molar-refractivity contribution is 9.10. The zero-order valence-corrected chi connectivity index (χ0v) is 20.0.